The molecule has 1 heterocycles. The Hall–Kier alpha value is -1.03. The predicted octanol–water partition coefficient (Wildman–Crippen LogP) is 3.15. The van der Waals surface area contributed by atoms with Crippen LogP contribution in [0.5, 0.6) is 5.88 Å². The van der Waals surface area contributed by atoms with Crippen LogP contribution in [0.3, 0.4) is 0 Å². The molecule has 0 aliphatic heterocycles. The largest absolute Gasteiger partial charge is 0.478 e. The molecule has 100 valence electrons. The molecular weight excluding hydrogens is 250 g/mol. The molecule has 1 aromatic rings. The summed E-state index contributed by atoms with van der Waals surface area (Å²) in [6.45, 7) is 4.56. The molecule has 0 saturated heterocycles. The number of hydrogen-bond acceptors (Lipinski definition) is 4. The molecule has 0 aromatic carbocycles. The topological polar surface area (TPSA) is 47.0 Å². The Balaban J connectivity index is 2.02. The van der Waals surface area contributed by atoms with E-state index in [0.29, 0.717) is 23.9 Å². The van der Waals surface area contributed by atoms with E-state index in [-0.39, 0.29) is 0 Å². The van der Waals surface area contributed by atoms with Gasteiger partial charge in [-0.05, 0) is 39.5 Å². The number of nitrogens with one attached hydrogen (secondary N) is 1. The third-order valence-corrected chi connectivity index (χ3v) is 3.75. The number of aromatic nitrogens is 2. The monoisotopic (exact) mass is 269 g/mol. The smallest absolute Gasteiger partial charge is 0.221 e. The van der Waals surface area contributed by atoms with E-state index in [1.54, 1.807) is 6.33 Å². The van der Waals surface area contributed by atoms with Gasteiger partial charge in [0.15, 0.2) is 0 Å². The number of nitrogens with zero attached hydrogens (tertiary/aromatic N) is 2. The van der Waals surface area contributed by atoms with Gasteiger partial charge < -0.3 is 10.1 Å². The lowest BCUT2D eigenvalue weighted by Gasteiger charge is -2.26. The molecule has 0 spiro atoms. The minimum Gasteiger partial charge on any atom is -0.478 e. The molecule has 4 nitrogen and oxygen atoms in total. The van der Waals surface area contributed by atoms with Gasteiger partial charge in [-0.1, -0.05) is 0 Å². The lowest BCUT2D eigenvalue weighted by atomic mass is 9.95. The highest BCUT2D eigenvalue weighted by Crippen LogP contribution is 2.27. The standard InChI is InChI=1S/C13H20ClN3O/c1-3-18-13-9(2)12(15-8-16-13)17-11-6-4-10(14)5-7-11/h8,10-11H,3-7H2,1-2H3,(H,15,16,17). The van der Waals surface area contributed by atoms with Gasteiger partial charge in [0.05, 0.1) is 12.2 Å². The number of rotatable bonds is 4. The molecule has 1 N–H and O–H groups in total. The molecule has 1 fully saturated rings. The minimum absolute atomic E-state index is 0.341. The Morgan fingerprint density at radius 2 is 2.06 bits per heavy atom. The summed E-state index contributed by atoms with van der Waals surface area (Å²) < 4.78 is 5.47. The van der Waals surface area contributed by atoms with Gasteiger partial charge in [0, 0.05) is 11.4 Å². The molecule has 18 heavy (non-hydrogen) atoms. The molecule has 0 bridgehead atoms. The lowest BCUT2D eigenvalue weighted by molar-refractivity contribution is 0.323. The number of hydrogen-bond donors (Lipinski definition) is 1. The van der Waals surface area contributed by atoms with Crippen LogP contribution in [0.15, 0.2) is 6.33 Å². The Labute approximate surface area is 113 Å². The summed E-state index contributed by atoms with van der Waals surface area (Å²) in [4.78, 5) is 8.44. The van der Waals surface area contributed by atoms with Crippen LogP contribution in [0.25, 0.3) is 0 Å². The minimum atomic E-state index is 0.341. The summed E-state index contributed by atoms with van der Waals surface area (Å²) in [5.41, 5.74) is 0.979. The molecular formula is C13H20ClN3O. The highest BCUT2D eigenvalue weighted by atomic mass is 35.5. The highest BCUT2D eigenvalue weighted by Gasteiger charge is 2.20. The maximum atomic E-state index is 6.11. The van der Waals surface area contributed by atoms with Crippen LogP contribution in [0.4, 0.5) is 5.82 Å². The van der Waals surface area contributed by atoms with Gasteiger partial charge in [0.25, 0.3) is 0 Å². The van der Waals surface area contributed by atoms with Crippen molar-refractivity contribution in [3.8, 4) is 5.88 Å². The summed E-state index contributed by atoms with van der Waals surface area (Å²) in [5, 5.41) is 3.82. The summed E-state index contributed by atoms with van der Waals surface area (Å²) >= 11 is 6.11. The van der Waals surface area contributed by atoms with Crippen molar-refractivity contribution >= 4 is 17.4 Å². The second-order valence-corrected chi connectivity index (χ2v) is 5.30. The van der Waals surface area contributed by atoms with Crippen molar-refractivity contribution in [2.24, 2.45) is 0 Å². The van der Waals surface area contributed by atoms with Gasteiger partial charge in [-0.2, -0.15) is 0 Å². The van der Waals surface area contributed by atoms with Crippen molar-refractivity contribution < 1.29 is 4.74 Å². The van der Waals surface area contributed by atoms with Crippen molar-refractivity contribution in [1.29, 1.82) is 0 Å². The molecule has 1 saturated carbocycles. The first-order valence-corrected chi connectivity index (χ1v) is 6.99. The van der Waals surface area contributed by atoms with E-state index in [9.17, 15) is 0 Å². The quantitative estimate of drug-likeness (QED) is 0.853. The first kappa shape index (κ1) is 13.4. The average molecular weight is 270 g/mol. The second-order valence-electron chi connectivity index (χ2n) is 4.68. The summed E-state index contributed by atoms with van der Waals surface area (Å²) in [6, 6.07) is 0.461. The second kappa shape index (κ2) is 6.23. The number of alkyl halides is 1. The van der Waals surface area contributed by atoms with E-state index < -0.39 is 0 Å². The average Bonchev–Trinajstić information content (AvgIpc) is 2.37. The Bertz CT molecular complexity index is 392. The summed E-state index contributed by atoms with van der Waals surface area (Å²) in [7, 11) is 0. The van der Waals surface area contributed by atoms with Crippen molar-refractivity contribution in [2.75, 3.05) is 11.9 Å². The fourth-order valence-corrected chi connectivity index (χ4v) is 2.50. The van der Waals surface area contributed by atoms with Crippen LogP contribution in [0.1, 0.15) is 38.2 Å². The number of ether oxygens (including phenoxy) is 1. The molecule has 0 unspecified atom stereocenters. The summed E-state index contributed by atoms with van der Waals surface area (Å²) in [6.07, 6.45) is 5.89. The number of halogens is 1. The van der Waals surface area contributed by atoms with E-state index in [1.807, 2.05) is 13.8 Å². The molecule has 2 rings (SSSR count). The van der Waals surface area contributed by atoms with Gasteiger partial charge >= 0.3 is 0 Å². The van der Waals surface area contributed by atoms with Gasteiger partial charge in [-0.3, -0.25) is 0 Å². The van der Waals surface area contributed by atoms with Gasteiger partial charge in [0.2, 0.25) is 5.88 Å². The van der Waals surface area contributed by atoms with E-state index >= 15 is 0 Å². The zero-order valence-electron chi connectivity index (χ0n) is 10.9. The molecule has 0 atom stereocenters. The third kappa shape index (κ3) is 3.25. The normalized spacial score (nSPS) is 23.7. The molecule has 5 heteroatoms. The van der Waals surface area contributed by atoms with Crippen LogP contribution < -0.4 is 10.1 Å². The van der Waals surface area contributed by atoms with Crippen molar-refractivity contribution in [1.82, 2.24) is 9.97 Å². The highest BCUT2D eigenvalue weighted by molar-refractivity contribution is 6.20. The van der Waals surface area contributed by atoms with Crippen LogP contribution in [0, 0.1) is 6.92 Å². The first-order valence-electron chi connectivity index (χ1n) is 6.55. The number of anilines is 1. The SMILES string of the molecule is CCOc1ncnc(NC2CCC(Cl)CC2)c1C. The van der Waals surface area contributed by atoms with Crippen LogP contribution in [-0.2, 0) is 0 Å². The predicted molar refractivity (Wildman–Crippen MR) is 73.5 cm³/mol. The van der Waals surface area contributed by atoms with Crippen molar-refractivity contribution in [3.05, 3.63) is 11.9 Å². The molecule has 0 amide bonds. The fourth-order valence-electron chi connectivity index (χ4n) is 2.25. The van der Waals surface area contributed by atoms with Gasteiger partial charge in [0.1, 0.15) is 12.1 Å². The zero-order valence-corrected chi connectivity index (χ0v) is 11.7. The maximum absolute atomic E-state index is 6.11. The Morgan fingerprint density at radius 3 is 2.72 bits per heavy atom. The first-order chi connectivity index (χ1) is 8.70. The lowest BCUT2D eigenvalue weighted by Crippen LogP contribution is -2.27. The maximum Gasteiger partial charge on any atom is 0.221 e. The van der Waals surface area contributed by atoms with Crippen molar-refractivity contribution in [2.45, 2.75) is 50.9 Å². The van der Waals surface area contributed by atoms with E-state index in [1.165, 1.54) is 0 Å². The van der Waals surface area contributed by atoms with Gasteiger partial charge in [-0.25, -0.2) is 9.97 Å². The molecule has 1 aliphatic carbocycles. The fraction of sp³-hybridized carbons (Fsp3) is 0.692. The van der Waals surface area contributed by atoms with Crippen LogP contribution in [-0.4, -0.2) is 28.0 Å². The van der Waals surface area contributed by atoms with E-state index in [4.69, 9.17) is 16.3 Å². The Kier molecular flexibility index (Phi) is 4.64. The van der Waals surface area contributed by atoms with Gasteiger partial charge in [-0.15, -0.1) is 11.6 Å². The van der Waals surface area contributed by atoms with E-state index in [2.05, 4.69) is 15.3 Å². The van der Waals surface area contributed by atoms with Crippen LogP contribution >= 0.6 is 11.6 Å². The Morgan fingerprint density at radius 1 is 1.33 bits per heavy atom. The molecule has 1 aromatic heterocycles. The zero-order chi connectivity index (χ0) is 13.0. The molecule has 0 radical (unpaired) electrons. The summed E-state index contributed by atoms with van der Waals surface area (Å²) in [5.74, 6) is 1.55. The third-order valence-electron chi connectivity index (χ3n) is 3.32. The van der Waals surface area contributed by atoms with E-state index in [0.717, 1.165) is 37.1 Å². The molecule has 1 aliphatic rings. The van der Waals surface area contributed by atoms with Crippen LogP contribution in [0.2, 0.25) is 0 Å². The van der Waals surface area contributed by atoms with Crippen molar-refractivity contribution in [3.63, 3.8) is 0 Å².